The average molecular weight is 445 g/mol. The SMILES string of the molecule is CCC(CC)OCN=C1C(C(N)=NC)NC(=O)CN1CC1=CC=CC(CN2CCCC2)C1. The van der Waals surface area contributed by atoms with E-state index in [1.54, 1.807) is 7.05 Å². The lowest BCUT2D eigenvalue weighted by atomic mass is 9.93. The van der Waals surface area contributed by atoms with Gasteiger partial charge in [0, 0.05) is 20.1 Å². The number of amides is 1. The number of piperazine rings is 1. The summed E-state index contributed by atoms with van der Waals surface area (Å²) in [4.78, 5) is 25.9. The fourth-order valence-electron chi connectivity index (χ4n) is 4.71. The standard InChI is InChI=1S/C24H40N6O2/c1-4-20(5-2)32-17-27-24-22(23(25)26-3)28-21(31)16-30(24)15-19-10-8-9-18(13-19)14-29-11-6-7-12-29/h8-10,18,20,22H,4-7,11-17H2,1-3H3,(H2,25,26)(H,28,31). The number of nitrogens with two attached hydrogens (primary N) is 1. The molecule has 0 radical (unpaired) electrons. The molecule has 2 atom stereocenters. The molecular formula is C24H40N6O2. The number of carbonyl (C=O) groups is 1. The molecule has 8 heteroatoms. The third kappa shape index (κ3) is 6.65. The summed E-state index contributed by atoms with van der Waals surface area (Å²) in [5.41, 5.74) is 7.46. The minimum atomic E-state index is -0.522. The highest BCUT2D eigenvalue weighted by molar-refractivity contribution is 6.13. The van der Waals surface area contributed by atoms with Crippen molar-refractivity contribution in [1.29, 1.82) is 0 Å². The van der Waals surface area contributed by atoms with Crippen molar-refractivity contribution < 1.29 is 9.53 Å². The summed E-state index contributed by atoms with van der Waals surface area (Å²) in [5.74, 6) is 1.53. The van der Waals surface area contributed by atoms with Gasteiger partial charge in [0.25, 0.3) is 0 Å². The van der Waals surface area contributed by atoms with Crippen molar-refractivity contribution in [2.45, 2.75) is 58.1 Å². The van der Waals surface area contributed by atoms with E-state index in [0.29, 0.717) is 18.3 Å². The van der Waals surface area contributed by atoms with Gasteiger partial charge in [0.2, 0.25) is 5.91 Å². The fourth-order valence-corrected chi connectivity index (χ4v) is 4.71. The molecule has 1 amide bonds. The molecule has 3 N–H and O–H groups in total. The molecule has 1 aliphatic carbocycles. The van der Waals surface area contributed by atoms with Gasteiger partial charge in [-0.25, -0.2) is 4.99 Å². The van der Waals surface area contributed by atoms with Crippen molar-refractivity contribution in [1.82, 2.24) is 15.1 Å². The van der Waals surface area contributed by atoms with E-state index in [-0.39, 0.29) is 25.3 Å². The molecular weight excluding hydrogens is 404 g/mol. The summed E-state index contributed by atoms with van der Waals surface area (Å²) in [6.45, 7) is 8.91. The lowest BCUT2D eigenvalue weighted by Gasteiger charge is -2.37. The summed E-state index contributed by atoms with van der Waals surface area (Å²) in [5, 5.41) is 2.94. The Kier molecular flexibility index (Phi) is 9.29. The van der Waals surface area contributed by atoms with Crippen LogP contribution in [0.1, 0.15) is 46.0 Å². The predicted octanol–water partition coefficient (Wildman–Crippen LogP) is 1.93. The molecule has 2 aliphatic heterocycles. The molecule has 2 unspecified atom stereocenters. The van der Waals surface area contributed by atoms with E-state index in [1.807, 2.05) is 4.90 Å². The van der Waals surface area contributed by atoms with Gasteiger partial charge >= 0.3 is 0 Å². The van der Waals surface area contributed by atoms with Gasteiger partial charge in [0.1, 0.15) is 24.4 Å². The summed E-state index contributed by atoms with van der Waals surface area (Å²) in [7, 11) is 1.64. The second kappa shape index (κ2) is 12.2. The van der Waals surface area contributed by atoms with Gasteiger partial charge in [-0.05, 0) is 51.1 Å². The molecule has 178 valence electrons. The van der Waals surface area contributed by atoms with Crippen LogP contribution >= 0.6 is 0 Å². The molecule has 2 saturated heterocycles. The number of hydrogen-bond acceptors (Lipinski definition) is 5. The first kappa shape index (κ1) is 24.5. The Morgan fingerprint density at radius 2 is 2.06 bits per heavy atom. The molecule has 2 heterocycles. The lowest BCUT2D eigenvalue weighted by molar-refractivity contribution is -0.122. The third-order valence-electron chi connectivity index (χ3n) is 6.55. The van der Waals surface area contributed by atoms with Gasteiger partial charge < -0.3 is 25.6 Å². The Hall–Kier alpha value is -2.19. The van der Waals surface area contributed by atoms with Gasteiger partial charge in [0.05, 0.1) is 12.6 Å². The van der Waals surface area contributed by atoms with E-state index in [9.17, 15) is 4.79 Å². The van der Waals surface area contributed by atoms with Crippen molar-refractivity contribution in [3.8, 4) is 0 Å². The van der Waals surface area contributed by atoms with Crippen molar-refractivity contribution in [2.75, 3.05) is 46.5 Å². The maximum absolute atomic E-state index is 12.5. The van der Waals surface area contributed by atoms with E-state index in [2.05, 4.69) is 47.3 Å². The van der Waals surface area contributed by atoms with Crippen LogP contribution in [0.4, 0.5) is 0 Å². The molecule has 8 nitrogen and oxygen atoms in total. The number of likely N-dealkylation sites (tertiary alicyclic amines) is 1. The summed E-state index contributed by atoms with van der Waals surface area (Å²) in [6, 6.07) is -0.522. The van der Waals surface area contributed by atoms with Crippen LogP contribution < -0.4 is 11.1 Å². The number of ether oxygens (including phenoxy) is 1. The number of nitrogens with zero attached hydrogens (tertiary/aromatic N) is 4. The summed E-state index contributed by atoms with van der Waals surface area (Å²) >= 11 is 0. The number of rotatable bonds is 10. The highest BCUT2D eigenvalue weighted by Gasteiger charge is 2.34. The molecule has 3 rings (SSSR count). The molecule has 0 aromatic heterocycles. The van der Waals surface area contributed by atoms with E-state index < -0.39 is 6.04 Å². The average Bonchev–Trinajstić information content (AvgIpc) is 3.30. The topological polar surface area (TPSA) is 95.5 Å². The molecule has 3 aliphatic rings. The van der Waals surface area contributed by atoms with Crippen LogP contribution in [-0.2, 0) is 9.53 Å². The zero-order valence-electron chi connectivity index (χ0n) is 19.9. The smallest absolute Gasteiger partial charge is 0.240 e. The highest BCUT2D eigenvalue weighted by Crippen LogP contribution is 2.23. The largest absolute Gasteiger partial charge is 0.385 e. The molecule has 32 heavy (non-hydrogen) atoms. The first-order chi connectivity index (χ1) is 15.5. The molecule has 0 saturated carbocycles. The highest BCUT2D eigenvalue weighted by atomic mass is 16.5. The van der Waals surface area contributed by atoms with Crippen LogP contribution in [-0.4, -0.2) is 86.0 Å². The summed E-state index contributed by atoms with van der Waals surface area (Å²) < 4.78 is 5.92. The molecule has 0 aromatic carbocycles. The van der Waals surface area contributed by atoms with Crippen molar-refractivity contribution in [2.24, 2.45) is 21.6 Å². The predicted molar refractivity (Wildman–Crippen MR) is 130 cm³/mol. The van der Waals surface area contributed by atoms with Crippen LogP contribution in [0.25, 0.3) is 0 Å². The van der Waals surface area contributed by atoms with E-state index >= 15 is 0 Å². The Labute approximate surface area is 192 Å². The lowest BCUT2D eigenvalue weighted by Crippen LogP contribution is -2.62. The van der Waals surface area contributed by atoms with Gasteiger partial charge in [-0.15, -0.1) is 0 Å². The van der Waals surface area contributed by atoms with Crippen molar-refractivity contribution >= 4 is 17.6 Å². The molecule has 2 fully saturated rings. The van der Waals surface area contributed by atoms with Gasteiger partial charge in [-0.2, -0.15) is 0 Å². The first-order valence-electron chi connectivity index (χ1n) is 12.0. The number of allylic oxidation sites excluding steroid dienone is 2. The monoisotopic (exact) mass is 444 g/mol. The third-order valence-corrected chi connectivity index (χ3v) is 6.55. The Morgan fingerprint density at radius 1 is 1.31 bits per heavy atom. The molecule has 0 bridgehead atoms. The van der Waals surface area contributed by atoms with Crippen molar-refractivity contribution in [3.63, 3.8) is 0 Å². The van der Waals surface area contributed by atoms with Crippen LogP contribution in [0.3, 0.4) is 0 Å². The maximum Gasteiger partial charge on any atom is 0.240 e. The zero-order chi connectivity index (χ0) is 22.9. The fraction of sp³-hybridized carbons (Fsp3) is 0.708. The van der Waals surface area contributed by atoms with Gasteiger partial charge in [0.15, 0.2) is 0 Å². The van der Waals surface area contributed by atoms with Crippen LogP contribution in [0.15, 0.2) is 33.8 Å². The molecule has 0 aromatic rings. The second-order valence-corrected chi connectivity index (χ2v) is 8.94. The Morgan fingerprint density at radius 3 is 2.75 bits per heavy atom. The van der Waals surface area contributed by atoms with Crippen molar-refractivity contribution in [3.05, 3.63) is 23.8 Å². The molecule has 0 spiro atoms. The number of aliphatic imine (C=N–C) groups is 2. The number of carbonyl (C=O) groups excluding carboxylic acids is 1. The minimum Gasteiger partial charge on any atom is -0.385 e. The van der Waals surface area contributed by atoms with Crippen LogP contribution in [0, 0.1) is 5.92 Å². The summed E-state index contributed by atoms with van der Waals surface area (Å²) in [6.07, 6.45) is 12.3. The van der Waals surface area contributed by atoms with Crippen LogP contribution in [0.2, 0.25) is 0 Å². The zero-order valence-corrected chi connectivity index (χ0v) is 19.9. The van der Waals surface area contributed by atoms with E-state index in [1.165, 1.54) is 31.5 Å². The Bertz CT molecular complexity index is 750. The Balaban J connectivity index is 1.71. The number of nitrogens with one attached hydrogen (secondary N) is 1. The van der Waals surface area contributed by atoms with E-state index in [0.717, 1.165) is 31.6 Å². The maximum atomic E-state index is 12.5. The van der Waals surface area contributed by atoms with Crippen LogP contribution in [0.5, 0.6) is 0 Å². The first-order valence-corrected chi connectivity index (χ1v) is 12.0. The van der Waals surface area contributed by atoms with Gasteiger partial charge in [-0.3, -0.25) is 9.79 Å². The number of amidine groups is 2. The minimum absolute atomic E-state index is 0.0676. The van der Waals surface area contributed by atoms with E-state index in [4.69, 9.17) is 15.5 Å². The quantitative estimate of drug-likeness (QED) is 0.397. The normalized spacial score (nSPS) is 26.2. The van der Waals surface area contributed by atoms with Gasteiger partial charge in [-0.1, -0.05) is 37.6 Å². The number of hydrogen-bond donors (Lipinski definition) is 2. The second-order valence-electron chi connectivity index (χ2n) is 8.94.